The molecule has 3 unspecified atom stereocenters. The number of piperidine rings is 3. The van der Waals surface area contributed by atoms with Crippen molar-refractivity contribution >= 4 is 7.82 Å². The summed E-state index contributed by atoms with van der Waals surface area (Å²) in [5.41, 5.74) is 0. The molecular formula is C18H42N3O4P. The van der Waals surface area contributed by atoms with Crippen LogP contribution >= 0.6 is 7.82 Å². The molecule has 0 aromatic rings. The summed E-state index contributed by atoms with van der Waals surface area (Å²) in [6, 6.07) is 0. The van der Waals surface area contributed by atoms with Gasteiger partial charge in [0.25, 0.3) is 0 Å². The van der Waals surface area contributed by atoms with Gasteiger partial charge in [0.05, 0.1) is 0 Å². The van der Waals surface area contributed by atoms with Crippen molar-refractivity contribution in [3.63, 3.8) is 0 Å². The molecule has 6 N–H and O–H groups in total. The molecule has 3 aliphatic rings. The number of phosphoric acid groups is 1. The predicted octanol–water partition coefficient (Wildman–Crippen LogP) is 2.09. The normalized spacial score (nSPS) is 28.9. The molecule has 0 bridgehead atoms. The second-order valence-electron chi connectivity index (χ2n) is 7.87. The van der Waals surface area contributed by atoms with E-state index in [0.717, 1.165) is 17.8 Å². The number of hydrogen-bond donors (Lipinski definition) is 6. The molecule has 3 rings (SSSR count). The van der Waals surface area contributed by atoms with Crippen LogP contribution in [0.25, 0.3) is 0 Å². The molecule has 0 spiro atoms. The second-order valence-corrected chi connectivity index (χ2v) is 8.89. The van der Waals surface area contributed by atoms with Crippen molar-refractivity contribution in [3.05, 3.63) is 0 Å². The van der Waals surface area contributed by atoms with Gasteiger partial charge >= 0.3 is 7.82 Å². The summed E-state index contributed by atoms with van der Waals surface area (Å²) < 4.78 is 8.88. The van der Waals surface area contributed by atoms with Crippen LogP contribution in [0.1, 0.15) is 59.3 Å². The van der Waals surface area contributed by atoms with Gasteiger partial charge in [-0.25, -0.2) is 4.57 Å². The van der Waals surface area contributed by atoms with Gasteiger partial charge in [-0.15, -0.1) is 0 Å². The number of hydrogen-bond acceptors (Lipinski definition) is 4. The average molecular weight is 396 g/mol. The van der Waals surface area contributed by atoms with E-state index in [0.29, 0.717) is 0 Å². The maximum atomic E-state index is 8.88. The summed E-state index contributed by atoms with van der Waals surface area (Å²) in [5, 5.41) is 10.0. The van der Waals surface area contributed by atoms with Crippen molar-refractivity contribution in [1.82, 2.24) is 16.0 Å². The molecule has 0 aromatic heterocycles. The Balaban J connectivity index is 0.000000324. The maximum Gasteiger partial charge on any atom is 0.466 e. The molecule has 3 aliphatic heterocycles. The van der Waals surface area contributed by atoms with Gasteiger partial charge in [-0.1, -0.05) is 20.8 Å². The van der Waals surface area contributed by atoms with Gasteiger partial charge in [0.15, 0.2) is 0 Å². The molecule has 0 amide bonds. The Morgan fingerprint density at radius 3 is 0.962 bits per heavy atom. The quantitative estimate of drug-likeness (QED) is 0.348. The van der Waals surface area contributed by atoms with Gasteiger partial charge in [-0.2, -0.15) is 0 Å². The SMILES string of the molecule is CC1CCCNC1.CC1CCCNC1.CC1CCCNC1.O=P(O)(O)O. The lowest BCUT2D eigenvalue weighted by Crippen LogP contribution is -2.27. The van der Waals surface area contributed by atoms with Crippen molar-refractivity contribution in [2.45, 2.75) is 59.3 Å². The van der Waals surface area contributed by atoms with Crippen LogP contribution in [0.4, 0.5) is 0 Å². The molecule has 0 saturated carbocycles. The van der Waals surface area contributed by atoms with Crippen LogP contribution in [0.15, 0.2) is 0 Å². The van der Waals surface area contributed by atoms with Crippen LogP contribution in [0, 0.1) is 17.8 Å². The number of rotatable bonds is 0. The van der Waals surface area contributed by atoms with E-state index in [1.807, 2.05) is 0 Å². The summed E-state index contributed by atoms with van der Waals surface area (Å²) >= 11 is 0. The average Bonchev–Trinajstić information content (AvgIpc) is 2.57. The largest absolute Gasteiger partial charge is 0.466 e. The minimum atomic E-state index is -4.64. The highest BCUT2D eigenvalue weighted by Crippen LogP contribution is 2.25. The van der Waals surface area contributed by atoms with Crippen molar-refractivity contribution in [1.29, 1.82) is 0 Å². The van der Waals surface area contributed by atoms with Crippen molar-refractivity contribution in [2.75, 3.05) is 39.3 Å². The first-order chi connectivity index (χ1) is 12.2. The first-order valence-corrected chi connectivity index (χ1v) is 11.7. The summed E-state index contributed by atoms with van der Waals surface area (Å²) in [4.78, 5) is 21.6. The minimum Gasteiger partial charge on any atom is -0.316 e. The second kappa shape index (κ2) is 16.0. The molecule has 26 heavy (non-hydrogen) atoms. The minimum absolute atomic E-state index is 0.925. The summed E-state index contributed by atoms with van der Waals surface area (Å²) in [6.45, 7) is 14.3. The third-order valence-corrected chi connectivity index (χ3v) is 4.63. The summed E-state index contributed by atoms with van der Waals surface area (Å²) in [7, 11) is -4.64. The molecule has 3 atom stereocenters. The van der Waals surface area contributed by atoms with Crippen LogP contribution in [0.2, 0.25) is 0 Å². The highest BCUT2D eigenvalue weighted by atomic mass is 31.2. The molecule has 8 heteroatoms. The van der Waals surface area contributed by atoms with Gasteiger partial charge < -0.3 is 30.6 Å². The lowest BCUT2D eigenvalue weighted by atomic mass is 10.0. The fourth-order valence-electron chi connectivity index (χ4n) is 3.08. The van der Waals surface area contributed by atoms with Crippen LogP contribution in [0.5, 0.6) is 0 Å². The zero-order valence-corrected chi connectivity index (χ0v) is 17.8. The zero-order valence-electron chi connectivity index (χ0n) is 16.9. The molecule has 3 heterocycles. The van der Waals surface area contributed by atoms with Gasteiger partial charge in [0.2, 0.25) is 0 Å². The highest BCUT2D eigenvalue weighted by molar-refractivity contribution is 7.45. The highest BCUT2D eigenvalue weighted by Gasteiger charge is 2.06. The zero-order chi connectivity index (χ0) is 19.8. The standard InChI is InChI=1S/3C6H13N.H3O4P/c3*1-6-3-2-4-7-5-6;1-5(2,3)4/h3*6-7H,2-5H2,1H3;(H3,1,2,3,4). The smallest absolute Gasteiger partial charge is 0.316 e. The van der Waals surface area contributed by atoms with Gasteiger partial charge in [-0.05, 0) is 95.5 Å². The molecule has 158 valence electrons. The number of nitrogens with one attached hydrogen (secondary N) is 3. The lowest BCUT2D eigenvalue weighted by Gasteiger charge is -2.17. The first-order valence-electron chi connectivity index (χ1n) is 10.1. The Morgan fingerprint density at radius 1 is 0.654 bits per heavy atom. The van der Waals surface area contributed by atoms with Crippen LogP contribution in [-0.2, 0) is 4.57 Å². The van der Waals surface area contributed by atoms with Crippen molar-refractivity contribution in [2.24, 2.45) is 17.8 Å². The molecule has 7 nitrogen and oxygen atoms in total. The third kappa shape index (κ3) is 22.0. The predicted molar refractivity (Wildman–Crippen MR) is 108 cm³/mol. The molecule has 0 aliphatic carbocycles. The van der Waals surface area contributed by atoms with E-state index in [9.17, 15) is 0 Å². The molecule has 3 saturated heterocycles. The van der Waals surface area contributed by atoms with E-state index in [2.05, 4.69) is 36.7 Å². The van der Waals surface area contributed by atoms with Crippen LogP contribution in [-0.4, -0.2) is 53.9 Å². The van der Waals surface area contributed by atoms with E-state index in [1.54, 1.807) is 0 Å². The fraction of sp³-hybridized carbons (Fsp3) is 1.00. The molecule has 0 aromatic carbocycles. The summed E-state index contributed by atoms with van der Waals surface area (Å²) in [5.74, 6) is 2.77. The summed E-state index contributed by atoms with van der Waals surface area (Å²) in [6.07, 6.45) is 8.40. The molecule has 0 radical (unpaired) electrons. The van der Waals surface area contributed by atoms with Gasteiger partial charge in [0, 0.05) is 0 Å². The van der Waals surface area contributed by atoms with Gasteiger partial charge in [-0.3, -0.25) is 0 Å². The van der Waals surface area contributed by atoms with Crippen LogP contribution < -0.4 is 16.0 Å². The van der Waals surface area contributed by atoms with Crippen LogP contribution in [0.3, 0.4) is 0 Å². The van der Waals surface area contributed by atoms with Crippen molar-refractivity contribution in [3.8, 4) is 0 Å². The Kier molecular flexibility index (Phi) is 16.0. The molecular weight excluding hydrogens is 353 g/mol. The molecule has 3 fully saturated rings. The fourth-order valence-corrected chi connectivity index (χ4v) is 3.08. The van der Waals surface area contributed by atoms with E-state index in [-0.39, 0.29) is 0 Å². The van der Waals surface area contributed by atoms with E-state index in [1.165, 1.54) is 77.8 Å². The van der Waals surface area contributed by atoms with E-state index < -0.39 is 7.82 Å². The Hall–Kier alpha value is -0.0100. The van der Waals surface area contributed by atoms with E-state index >= 15 is 0 Å². The van der Waals surface area contributed by atoms with E-state index in [4.69, 9.17) is 19.2 Å². The lowest BCUT2D eigenvalue weighted by molar-refractivity contribution is 0.275. The van der Waals surface area contributed by atoms with Gasteiger partial charge in [0.1, 0.15) is 0 Å². The maximum absolute atomic E-state index is 8.88. The first kappa shape index (κ1) is 26.0. The Morgan fingerprint density at radius 2 is 0.885 bits per heavy atom. The topological polar surface area (TPSA) is 114 Å². The Labute approximate surface area is 160 Å². The monoisotopic (exact) mass is 395 g/mol. The van der Waals surface area contributed by atoms with Crippen molar-refractivity contribution < 1.29 is 19.2 Å². The Bertz CT molecular complexity index is 304. The third-order valence-electron chi connectivity index (χ3n) is 4.63.